The second-order valence-electron chi connectivity index (χ2n) is 9.82. The molecular weight excluding hydrogens is 412 g/mol. The number of ether oxygens (including phenoxy) is 1. The van der Waals surface area contributed by atoms with Crippen molar-refractivity contribution in [3.05, 3.63) is 65.2 Å². The number of aryl methyl sites for hydroxylation is 1. The van der Waals surface area contributed by atoms with Crippen LogP contribution >= 0.6 is 0 Å². The summed E-state index contributed by atoms with van der Waals surface area (Å²) in [5.74, 6) is 0.314. The Kier molecular flexibility index (Phi) is 9.51. The van der Waals surface area contributed by atoms with Crippen molar-refractivity contribution < 1.29 is 14.3 Å². The van der Waals surface area contributed by atoms with Crippen molar-refractivity contribution in [1.82, 2.24) is 10.2 Å². The molecule has 2 aromatic rings. The number of carbonyl (C=O) groups is 2. The van der Waals surface area contributed by atoms with Gasteiger partial charge in [-0.2, -0.15) is 0 Å². The summed E-state index contributed by atoms with van der Waals surface area (Å²) in [5.41, 5.74) is 3.37. The van der Waals surface area contributed by atoms with Crippen LogP contribution in [0.15, 0.2) is 48.5 Å². The summed E-state index contributed by atoms with van der Waals surface area (Å²) in [6.07, 6.45) is 1.36. The van der Waals surface area contributed by atoms with E-state index < -0.39 is 6.04 Å². The lowest BCUT2D eigenvalue weighted by atomic mass is 9.87. The molecule has 0 aromatic heterocycles. The maximum absolute atomic E-state index is 13.3. The normalized spacial score (nSPS) is 13.2. The summed E-state index contributed by atoms with van der Waals surface area (Å²) in [6.45, 7) is 14.7. The highest BCUT2D eigenvalue weighted by atomic mass is 16.5. The highest BCUT2D eigenvalue weighted by Crippen LogP contribution is 2.24. The number of nitrogens with one attached hydrogen (secondary N) is 1. The number of carbonyl (C=O) groups excluding carboxylic acids is 2. The lowest BCUT2D eigenvalue weighted by Crippen LogP contribution is -2.51. The summed E-state index contributed by atoms with van der Waals surface area (Å²) < 4.78 is 5.83. The predicted molar refractivity (Wildman–Crippen MR) is 134 cm³/mol. The number of hydrogen-bond donors (Lipinski definition) is 1. The molecule has 0 radical (unpaired) electrons. The molecule has 0 unspecified atom stereocenters. The fourth-order valence-corrected chi connectivity index (χ4v) is 3.65. The zero-order chi connectivity index (χ0) is 24.6. The zero-order valence-corrected chi connectivity index (χ0v) is 21.3. The van der Waals surface area contributed by atoms with Gasteiger partial charge in [0.15, 0.2) is 6.61 Å². The Bertz CT molecular complexity index is 915. The molecule has 0 aliphatic rings. The Morgan fingerprint density at radius 2 is 1.70 bits per heavy atom. The molecule has 2 rings (SSSR count). The van der Waals surface area contributed by atoms with Crippen LogP contribution in [0.5, 0.6) is 5.75 Å². The van der Waals surface area contributed by atoms with Crippen LogP contribution in [0.4, 0.5) is 0 Å². The van der Waals surface area contributed by atoms with Gasteiger partial charge in [0.1, 0.15) is 11.8 Å². The molecule has 0 spiro atoms. The Morgan fingerprint density at radius 3 is 2.24 bits per heavy atom. The summed E-state index contributed by atoms with van der Waals surface area (Å²) in [4.78, 5) is 28.0. The molecule has 0 aliphatic heterocycles. The maximum Gasteiger partial charge on any atom is 0.261 e. The van der Waals surface area contributed by atoms with E-state index >= 15 is 0 Å². The molecule has 0 saturated heterocycles. The zero-order valence-electron chi connectivity index (χ0n) is 21.3. The number of benzene rings is 2. The van der Waals surface area contributed by atoms with Gasteiger partial charge in [0.25, 0.3) is 5.91 Å². The fraction of sp³-hybridized carbons (Fsp3) is 0.500. The van der Waals surface area contributed by atoms with E-state index in [1.807, 2.05) is 76.2 Å². The van der Waals surface area contributed by atoms with Crippen LogP contribution in [0.3, 0.4) is 0 Å². The first-order valence-electron chi connectivity index (χ1n) is 11.9. The third-order valence-corrected chi connectivity index (χ3v) is 5.91. The number of amides is 2. The van der Waals surface area contributed by atoms with E-state index in [2.05, 4.69) is 26.1 Å². The minimum absolute atomic E-state index is 0.0519. The molecular formula is C28H40N2O3. The molecule has 5 nitrogen and oxygen atoms in total. The largest absolute Gasteiger partial charge is 0.484 e. The monoisotopic (exact) mass is 452 g/mol. The lowest BCUT2D eigenvalue weighted by molar-refractivity contribution is -0.143. The van der Waals surface area contributed by atoms with Gasteiger partial charge in [0, 0.05) is 12.6 Å². The fourth-order valence-electron chi connectivity index (χ4n) is 3.65. The molecule has 2 aromatic carbocycles. The van der Waals surface area contributed by atoms with Crippen molar-refractivity contribution in [3.8, 4) is 5.75 Å². The smallest absolute Gasteiger partial charge is 0.261 e. The van der Waals surface area contributed by atoms with Crippen LogP contribution in [0.1, 0.15) is 71.1 Å². The molecule has 2 atom stereocenters. The molecule has 5 heteroatoms. The molecule has 1 N–H and O–H groups in total. The molecule has 2 amide bonds. The first kappa shape index (κ1) is 26.4. The molecule has 0 bridgehead atoms. The van der Waals surface area contributed by atoms with E-state index in [9.17, 15) is 9.59 Å². The Morgan fingerprint density at radius 1 is 1.03 bits per heavy atom. The van der Waals surface area contributed by atoms with Crippen LogP contribution in [0.25, 0.3) is 0 Å². The van der Waals surface area contributed by atoms with Gasteiger partial charge in [-0.25, -0.2) is 0 Å². The van der Waals surface area contributed by atoms with E-state index in [0.717, 1.165) is 17.5 Å². The highest BCUT2D eigenvalue weighted by molar-refractivity contribution is 5.88. The lowest BCUT2D eigenvalue weighted by Gasteiger charge is -2.31. The Labute approximate surface area is 199 Å². The van der Waals surface area contributed by atoms with Crippen molar-refractivity contribution in [1.29, 1.82) is 0 Å². The Balaban J connectivity index is 2.20. The summed E-state index contributed by atoms with van der Waals surface area (Å²) in [6, 6.07) is 15.4. The SMILES string of the molecule is CC[C@H](C)NC(=O)[C@H](CC)N(Cc1cccc(C)c1)C(=O)COc1ccc(C(C)(C)C)cc1. The number of hydrogen-bond acceptors (Lipinski definition) is 3. The van der Waals surface area contributed by atoms with Gasteiger partial charge < -0.3 is 15.0 Å². The van der Waals surface area contributed by atoms with Crippen molar-refractivity contribution in [2.24, 2.45) is 0 Å². The maximum atomic E-state index is 13.3. The van der Waals surface area contributed by atoms with Gasteiger partial charge in [-0.1, -0.05) is 76.6 Å². The van der Waals surface area contributed by atoms with Crippen LogP contribution in [0, 0.1) is 6.92 Å². The van der Waals surface area contributed by atoms with Gasteiger partial charge in [0.05, 0.1) is 0 Å². The van der Waals surface area contributed by atoms with E-state index in [1.165, 1.54) is 5.56 Å². The minimum atomic E-state index is -0.557. The third-order valence-electron chi connectivity index (χ3n) is 5.91. The van der Waals surface area contributed by atoms with Gasteiger partial charge >= 0.3 is 0 Å². The average Bonchev–Trinajstić information content (AvgIpc) is 2.77. The molecule has 180 valence electrons. The number of nitrogens with zero attached hydrogens (tertiary/aromatic N) is 1. The van der Waals surface area contributed by atoms with Crippen LogP contribution < -0.4 is 10.1 Å². The van der Waals surface area contributed by atoms with Gasteiger partial charge in [-0.15, -0.1) is 0 Å². The second-order valence-corrected chi connectivity index (χ2v) is 9.82. The summed E-state index contributed by atoms with van der Waals surface area (Å²) in [5, 5.41) is 3.03. The van der Waals surface area contributed by atoms with E-state index in [-0.39, 0.29) is 29.9 Å². The molecule has 33 heavy (non-hydrogen) atoms. The van der Waals surface area contributed by atoms with Crippen molar-refractivity contribution in [2.45, 2.75) is 85.4 Å². The molecule has 0 saturated carbocycles. The van der Waals surface area contributed by atoms with E-state index in [1.54, 1.807) is 4.90 Å². The highest BCUT2D eigenvalue weighted by Gasteiger charge is 2.29. The van der Waals surface area contributed by atoms with Crippen LogP contribution in [0.2, 0.25) is 0 Å². The van der Waals surface area contributed by atoms with Crippen molar-refractivity contribution in [2.75, 3.05) is 6.61 Å². The van der Waals surface area contributed by atoms with Gasteiger partial charge in [-0.05, 0) is 55.4 Å². The topological polar surface area (TPSA) is 58.6 Å². The first-order valence-corrected chi connectivity index (χ1v) is 11.9. The minimum Gasteiger partial charge on any atom is -0.484 e. The Hall–Kier alpha value is -2.82. The van der Waals surface area contributed by atoms with E-state index in [4.69, 9.17) is 4.74 Å². The number of rotatable bonds is 10. The molecule has 0 aliphatic carbocycles. The van der Waals surface area contributed by atoms with Gasteiger partial charge in [0.2, 0.25) is 5.91 Å². The predicted octanol–water partition coefficient (Wildman–Crippen LogP) is 5.39. The summed E-state index contributed by atoms with van der Waals surface area (Å²) in [7, 11) is 0. The third kappa shape index (κ3) is 7.92. The molecule has 0 heterocycles. The second kappa shape index (κ2) is 11.9. The first-order chi connectivity index (χ1) is 15.5. The van der Waals surface area contributed by atoms with E-state index in [0.29, 0.717) is 18.7 Å². The standard InChI is InChI=1S/C28H40N2O3/c1-8-21(4)29-27(32)25(9-2)30(18-22-12-10-11-20(3)17-22)26(31)19-33-24-15-13-23(14-16-24)28(5,6)7/h10-17,21,25H,8-9,18-19H2,1-7H3,(H,29,32)/t21-,25-/m0/s1. The van der Waals surface area contributed by atoms with Crippen LogP contribution in [-0.2, 0) is 21.5 Å². The van der Waals surface area contributed by atoms with Crippen molar-refractivity contribution in [3.63, 3.8) is 0 Å². The summed E-state index contributed by atoms with van der Waals surface area (Å²) >= 11 is 0. The van der Waals surface area contributed by atoms with Crippen molar-refractivity contribution >= 4 is 11.8 Å². The molecule has 0 fully saturated rings. The quantitative estimate of drug-likeness (QED) is 0.526. The van der Waals surface area contributed by atoms with Gasteiger partial charge in [-0.3, -0.25) is 9.59 Å². The van der Waals surface area contributed by atoms with Crippen LogP contribution in [-0.4, -0.2) is 35.4 Å². The average molecular weight is 453 g/mol.